The first kappa shape index (κ1) is 13.7. The summed E-state index contributed by atoms with van der Waals surface area (Å²) >= 11 is 0. The predicted molar refractivity (Wildman–Crippen MR) is 71.3 cm³/mol. The molecule has 2 amide bonds. The molecule has 0 saturated heterocycles. The molecule has 2 saturated carbocycles. The lowest BCUT2D eigenvalue weighted by molar-refractivity contribution is 0.183. The van der Waals surface area contributed by atoms with Crippen LogP contribution in [0.5, 0.6) is 0 Å². The number of carbonyl (C=O) groups is 1. The molecule has 2 aliphatic rings. The number of amides is 2. The fourth-order valence-electron chi connectivity index (χ4n) is 3.56. The minimum absolute atomic E-state index is 0.0983. The van der Waals surface area contributed by atoms with Gasteiger partial charge in [0.15, 0.2) is 0 Å². The first-order chi connectivity index (χ1) is 8.65. The molecule has 4 heteroatoms. The maximum Gasteiger partial charge on any atom is 0.314 e. The van der Waals surface area contributed by atoms with Gasteiger partial charge in [0.1, 0.15) is 0 Å². The number of fused-ring (bicyclic) bond motifs is 2. The van der Waals surface area contributed by atoms with Gasteiger partial charge in [-0.1, -0.05) is 6.42 Å². The van der Waals surface area contributed by atoms with Crippen LogP contribution >= 0.6 is 0 Å². The number of hydrogen-bond donors (Lipinski definition) is 3. The van der Waals surface area contributed by atoms with Crippen molar-refractivity contribution in [3.63, 3.8) is 0 Å². The number of urea groups is 1. The van der Waals surface area contributed by atoms with Crippen molar-refractivity contribution in [1.29, 1.82) is 0 Å². The van der Waals surface area contributed by atoms with Crippen LogP contribution in [0.3, 0.4) is 0 Å². The number of nitrogens with one attached hydrogen (secondary N) is 2. The van der Waals surface area contributed by atoms with Gasteiger partial charge in [-0.25, -0.2) is 4.79 Å². The van der Waals surface area contributed by atoms with E-state index in [-0.39, 0.29) is 12.1 Å². The lowest BCUT2D eigenvalue weighted by atomic mass is 9.86. The summed E-state index contributed by atoms with van der Waals surface area (Å²) in [5.41, 5.74) is 0. The maximum absolute atomic E-state index is 11.5. The molecular formula is C14H26N2O2. The van der Waals surface area contributed by atoms with Crippen LogP contribution < -0.4 is 10.6 Å². The Morgan fingerprint density at radius 1 is 1.28 bits per heavy atom. The van der Waals surface area contributed by atoms with Gasteiger partial charge in [-0.05, 0) is 56.8 Å². The summed E-state index contributed by atoms with van der Waals surface area (Å²) in [5.74, 6) is 2.77. The Labute approximate surface area is 110 Å². The quantitative estimate of drug-likeness (QED) is 0.678. The van der Waals surface area contributed by atoms with Gasteiger partial charge in [-0.15, -0.1) is 0 Å². The standard InChI is InChI=1S/C14H26N2O2/c1-10(17)4-6-15-14(18)16-7-5-13-9-11-2-3-12(13)8-11/h10-13,17H,2-9H2,1H3,(H2,15,16,18). The Kier molecular flexibility index (Phi) is 4.87. The summed E-state index contributed by atoms with van der Waals surface area (Å²) in [4.78, 5) is 11.5. The smallest absolute Gasteiger partial charge is 0.314 e. The van der Waals surface area contributed by atoms with Crippen molar-refractivity contribution in [3.8, 4) is 0 Å². The Morgan fingerprint density at radius 2 is 2.06 bits per heavy atom. The summed E-state index contributed by atoms with van der Waals surface area (Å²) in [5, 5.41) is 14.7. The van der Waals surface area contributed by atoms with Crippen LogP contribution in [0.25, 0.3) is 0 Å². The van der Waals surface area contributed by atoms with Crippen LogP contribution in [0.4, 0.5) is 4.79 Å². The van der Waals surface area contributed by atoms with E-state index in [0.29, 0.717) is 13.0 Å². The molecule has 0 aliphatic heterocycles. The van der Waals surface area contributed by atoms with Gasteiger partial charge < -0.3 is 15.7 Å². The van der Waals surface area contributed by atoms with E-state index in [9.17, 15) is 4.79 Å². The molecule has 0 heterocycles. The van der Waals surface area contributed by atoms with Crippen LogP contribution in [0.1, 0.15) is 45.4 Å². The second kappa shape index (κ2) is 6.41. The van der Waals surface area contributed by atoms with Gasteiger partial charge in [0, 0.05) is 13.1 Å². The van der Waals surface area contributed by atoms with Crippen molar-refractivity contribution in [2.45, 2.75) is 51.6 Å². The second-order valence-electron chi connectivity index (χ2n) is 6.04. The third-order valence-corrected chi connectivity index (χ3v) is 4.53. The molecule has 2 fully saturated rings. The fraction of sp³-hybridized carbons (Fsp3) is 0.929. The van der Waals surface area contributed by atoms with Gasteiger partial charge in [-0.3, -0.25) is 0 Å². The van der Waals surface area contributed by atoms with E-state index in [1.165, 1.54) is 25.7 Å². The third-order valence-electron chi connectivity index (χ3n) is 4.53. The molecule has 2 rings (SSSR count). The highest BCUT2D eigenvalue weighted by Gasteiger charge is 2.38. The summed E-state index contributed by atoms with van der Waals surface area (Å²) in [6.07, 6.45) is 7.07. The summed E-state index contributed by atoms with van der Waals surface area (Å²) in [7, 11) is 0. The average molecular weight is 254 g/mol. The van der Waals surface area contributed by atoms with Crippen LogP contribution in [-0.2, 0) is 0 Å². The Bertz CT molecular complexity index is 281. The van der Waals surface area contributed by atoms with E-state index in [1.807, 2.05) is 0 Å². The second-order valence-corrected chi connectivity index (χ2v) is 6.04. The molecule has 3 N–H and O–H groups in total. The van der Waals surface area contributed by atoms with E-state index >= 15 is 0 Å². The lowest BCUT2D eigenvalue weighted by Crippen LogP contribution is -2.38. The highest BCUT2D eigenvalue weighted by Crippen LogP contribution is 2.49. The van der Waals surface area contributed by atoms with Crippen LogP contribution in [0.2, 0.25) is 0 Å². The number of hydrogen-bond acceptors (Lipinski definition) is 2. The van der Waals surface area contributed by atoms with E-state index in [4.69, 9.17) is 5.11 Å². The van der Waals surface area contributed by atoms with Crippen LogP contribution in [0.15, 0.2) is 0 Å². The molecule has 0 aromatic heterocycles. The van der Waals surface area contributed by atoms with E-state index in [2.05, 4.69) is 10.6 Å². The maximum atomic E-state index is 11.5. The summed E-state index contributed by atoms with van der Waals surface area (Å²) < 4.78 is 0. The Morgan fingerprint density at radius 3 is 2.67 bits per heavy atom. The largest absolute Gasteiger partial charge is 0.393 e. The molecule has 2 aliphatic carbocycles. The molecule has 18 heavy (non-hydrogen) atoms. The van der Waals surface area contributed by atoms with Gasteiger partial charge >= 0.3 is 6.03 Å². The summed E-state index contributed by atoms with van der Waals surface area (Å²) in [6.45, 7) is 3.06. The number of aliphatic hydroxyl groups excluding tert-OH is 1. The molecule has 0 spiro atoms. The highest BCUT2D eigenvalue weighted by atomic mass is 16.3. The summed E-state index contributed by atoms with van der Waals surface area (Å²) in [6, 6.07) is -0.0983. The van der Waals surface area contributed by atoms with Crippen molar-refractivity contribution in [1.82, 2.24) is 10.6 Å². The normalized spacial score (nSPS) is 31.3. The van der Waals surface area contributed by atoms with Crippen molar-refractivity contribution in [3.05, 3.63) is 0 Å². The van der Waals surface area contributed by atoms with Crippen molar-refractivity contribution in [2.24, 2.45) is 17.8 Å². The number of carbonyl (C=O) groups excluding carboxylic acids is 1. The van der Waals surface area contributed by atoms with Gasteiger partial charge in [-0.2, -0.15) is 0 Å². The molecule has 0 radical (unpaired) electrons. The fourth-order valence-corrected chi connectivity index (χ4v) is 3.56. The molecule has 2 bridgehead atoms. The first-order valence-electron chi connectivity index (χ1n) is 7.35. The van der Waals surface area contributed by atoms with Crippen LogP contribution in [0, 0.1) is 17.8 Å². The molecule has 0 aromatic rings. The average Bonchev–Trinajstić information content (AvgIpc) is 2.90. The van der Waals surface area contributed by atoms with Crippen molar-refractivity contribution >= 4 is 6.03 Å². The monoisotopic (exact) mass is 254 g/mol. The van der Waals surface area contributed by atoms with Crippen molar-refractivity contribution < 1.29 is 9.90 Å². The zero-order chi connectivity index (χ0) is 13.0. The molecule has 4 nitrogen and oxygen atoms in total. The third kappa shape index (κ3) is 3.87. The SMILES string of the molecule is CC(O)CCNC(=O)NCCC1CC2CCC1C2. The minimum atomic E-state index is -0.348. The van der Waals surface area contributed by atoms with Crippen molar-refractivity contribution in [2.75, 3.05) is 13.1 Å². The van der Waals surface area contributed by atoms with Gasteiger partial charge in [0.25, 0.3) is 0 Å². The predicted octanol–water partition coefficient (Wildman–Crippen LogP) is 1.88. The topological polar surface area (TPSA) is 61.4 Å². The molecule has 4 unspecified atom stereocenters. The van der Waals surface area contributed by atoms with Crippen LogP contribution in [-0.4, -0.2) is 30.3 Å². The first-order valence-corrected chi connectivity index (χ1v) is 7.35. The van der Waals surface area contributed by atoms with E-state index in [1.54, 1.807) is 6.92 Å². The lowest BCUT2D eigenvalue weighted by Gasteiger charge is -2.21. The molecule has 0 aromatic carbocycles. The Hall–Kier alpha value is -0.770. The highest BCUT2D eigenvalue weighted by molar-refractivity contribution is 5.73. The zero-order valence-electron chi connectivity index (χ0n) is 11.3. The number of rotatable bonds is 6. The van der Waals surface area contributed by atoms with E-state index in [0.717, 1.165) is 30.7 Å². The van der Waals surface area contributed by atoms with Gasteiger partial charge in [0.05, 0.1) is 6.10 Å². The number of aliphatic hydroxyl groups is 1. The molecular weight excluding hydrogens is 228 g/mol. The zero-order valence-corrected chi connectivity index (χ0v) is 11.3. The Balaban J connectivity index is 1.51. The van der Waals surface area contributed by atoms with E-state index < -0.39 is 0 Å². The minimum Gasteiger partial charge on any atom is -0.393 e. The van der Waals surface area contributed by atoms with Gasteiger partial charge in [0.2, 0.25) is 0 Å². The molecule has 4 atom stereocenters. The molecule has 104 valence electrons.